The number of rotatable bonds is 6. The van der Waals surface area contributed by atoms with Crippen molar-refractivity contribution in [3.8, 4) is 0 Å². The first-order chi connectivity index (χ1) is 11.5. The number of fused-ring (bicyclic) bond motifs is 1. The number of hydrogen-bond donors (Lipinski definition) is 0. The second-order valence-electron chi connectivity index (χ2n) is 7.66. The fourth-order valence-electron chi connectivity index (χ4n) is 4.82. The lowest BCUT2D eigenvalue weighted by Gasteiger charge is -2.38. The van der Waals surface area contributed by atoms with E-state index in [0.29, 0.717) is 24.2 Å². The van der Waals surface area contributed by atoms with Gasteiger partial charge in [0.2, 0.25) is 0 Å². The minimum Gasteiger partial charge on any atom is -0.297 e. The molecule has 130 valence electrons. The van der Waals surface area contributed by atoms with E-state index >= 15 is 0 Å². The van der Waals surface area contributed by atoms with Crippen LogP contribution in [-0.4, -0.2) is 20.5 Å². The SMILES string of the molecule is CCC(C)C1CCC(C(=O)Cn2ncc3ncccc32)C1(C)CC. The second kappa shape index (κ2) is 6.66. The number of carbonyl (C=O) groups is 1. The van der Waals surface area contributed by atoms with Crippen LogP contribution in [0.3, 0.4) is 0 Å². The normalized spacial score (nSPS) is 28.3. The van der Waals surface area contributed by atoms with E-state index < -0.39 is 0 Å². The molecule has 4 atom stereocenters. The maximum atomic E-state index is 13.1. The van der Waals surface area contributed by atoms with Crippen LogP contribution in [0.25, 0.3) is 11.0 Å². The summed E-state index contributed by atoms with van der Waals surface area (Å²) in [5, 5.41) is 4.38. The van der Waals surface area contributed by atoms with Crippen LogP contribution in [0.1, 0.15) is 53.4 Å². The maximum Gasteiger partial charge on any atom is 0.157 e. The van der Waals surface area contributed by atoms with E-state index in [1.807, 2.05) is 16.8 Å². The van der Waals surface area contributed by atoms with Crippen LogP contribution in [0.2, 0.25) is 0 Å². The molecule has 0 saturated heterocycles. The predicted molar refractivity (Wildman–Crippen MR) is 96.6 cm³/mol. The van der Waals surface area contributed by atoms with Crippen molar-refractivity contribution in [3.05, 3.63) is 24.5 Å². The summed E-state index contributed by atoms with van der Waals surface area (Å²) in [5.41, 5.74) is 1.92. The Labute approximate surface area is 144 Å². The zero-order valence-electron chi connectivity index (χ0n) is 15.3. The van der Waals surface area contributed by atoms with Crippen LogP contribution in [0.5, 0.6) is 0 Å². The highest BCUT2D eigenvalue weighted by molar-refractivity contribution is 5.84. The molecule has 24 heavy (non-hydrogen) atoms. The molecule has 0 aromatic carbocycles. The predicted octanol–water partition coefficient (Wildman–Crippen LogP) is 4.49. The van der Waals surface area contributed by atoms with Crippen molar-refractivity contribution >= 4 is 16.8 Å². The molecule has 1 saturated carbocycles. The fraction of sp³-hybridized carbons (Fsp3) is 0.650. The van der Waals surface area contributed by atoms with Gasteiger partial charge in [-0.25, -0.2) is 0 Å². The molecule has 4 nitrogen and oxygen atoms in total. The molecule has 1 aliphatic rings. The lowest BCUT2D eigenvalue weighted by atomic mass is 9.66. The Morgan fingerprint density at radius 2 is 2.21 bits per heavy atom. The summed E-state index contributed by atoms with van der Waals surface area (Å²) in [5.74, 6) is 1.82. The van der Waals surface area contributed by atoms with Crippen molar-refractivity contribution in [1.29, 1.82) is 0 Å². The van der Waals surface area contributed by atoms with E-state index in [0.717, 1.165) is 23.9 Å². The van der Waals surface area contributed by atoms with E-state index in [1.54, 1.807) is 12.4 Å². The Bertz CT molecular complexity index is 722. The van der Waals surface area contributed by atoms with E-state index in [1.165, 1.54) is 12.8 Å². The smallest absolute Gasteiger partial charge is 0.157 e. The van der Waals surface area contributed by atoms with Gasteiger partial charge in [0, 0.05) is 12.1 Å². The van der Waals surface area contributed by atoms with Crippen molar-refractivity contribution in [2.24, 2.45) is 23.2 Å². The first kappa shape index (κ1) is 17.1. The Morgan fingerprint density at radius 3 is 2.92 bits per heavy atom. The minimum absolute atomic E-state index is 0.119. The molecular weight excluding hydrogens is 298 g/mol. The van der Waals surface area contributed by atoms with E-state index in [9.17, 15) is 4.79 Å². The zero-order chi connectivity index (χ0) is 17.3. The quantitative estimate of drug-likeness (QED) is 0.785. The van der Waals surface area contributed by atoms with Gasteiger partial charge in [0.15, 0.2) is 5.78 Å². The summed E-state index contributed by atoms with van der Waals surface area (Å²) in [7, 11) is 0. The maximum absolute atomic E-state index is 13.1. The number of hydrogen-bond acceptors (Lipinski definition) is 3. The van der Waals surface area contributed by atoms with E-state index in [-0.39, 0.29) is 11.3 Å². The van der Waals surface area contributed by atoms with Gasteiger partial charge in [-0.05, 0) is 48.6 Å². The average molecular weight is 327 g/mol. The van der Waals surface area contributed by atoms with Crippen molar-refractivity contribution in [2.45, 2.75) is 59.9 Å². The molecule has 0 amide bonds. The number of carbonyl (C=O) groups excluding carboxylic acids is 1. The zero-order valence-corrected chi connectivity index (χ0v) is 15.3. The third-order valence-corrected chi connectivity index (χ3v) is 6.61. The molecule has 2 aromatic rings. The number of Topliss-reactive ketones (excluding diaryl/α,β-unsaturated/α-hetero) is 1. The highest BCUT2D eigenvalue weighted by Crippen LogP contribution is 2.53. The van der Waals surface area contributed by atoms with Gasteiger partial charge in [-0.3, -0.25) is 14.5 Å². The third-order valence-electron chi connectivity index (χ3n) is 6.61. The molecule has 0 N–H and O–H groups in total. The van der Waals surface area contributed by atoms with E-state index in [2.05, 4.69) is 37.8 Å². The van der Waals surface area contributed by atoms with Crippen LogP contribution in [0, 0.1) is 23.2 Å². The summed E-state index contributed by atoms with van der Waals surface area (Å²) in [6.45, 7) is 9.55. The van der Waals surface area contributed by atoms with Gasteiger partial charge in [-0.2, -0.15) is 5.10 Å². The van der Waals surface area contributed by atoms with Crippen LogP contribution < -0.4 is 0 Å². The Kier molecular flexibility index (Phi) is 4.75. The van der Waals surface area contributed by atoms with Gasteiger partial charge in [0.25, 0.3) is 0 Å². The Balaban J connectivity index is 1.82. The number of pyridine rings is 1. The monoisotopic (exact) mass is 327 g/mol. The molecule has 0 bridgehead atoms. The molecular formula is C20H29N3O. The summed E-state index contributed by atoms with van der Waals surface area (Å²) in [4.78, 5) is 17.4. The fourth-order valence-corrected chi connectivity index (χ4v) is 4.82. The summed E-state index contributed by atoms with van der Waals surface area (Å²) in [6.07, 6.45) is 7.97. The molecule has 0 spiro atoms. The highest BCUT2D eigenvalue weighted by Gasteiger charge is 2.49. The summed E-state index contributed by atoms with van der Waals surface area (Å²) >= 11 is 0. The topological polar surface area (TPSA) is 47.8 Å². The van der Waals surface area contributed by atoms with Crippen molar-refractivity contribution in [1.82, 2.24) is 14.8 Å². The van der Waals surface area contributed by atoms with Crippen molar-refractivity contribution in [3.63, 3.8) is 0 Å². The standard InChI is InChI=1S/C20H29N3O/c1-5-14(3)15-9-10-16(20(15,4)6-2)19(24)13-23-18-8-7-11-21-17(18)12-22-23/h7-8,11-12,14-16H,5-6,9-10,13H2,1-4H3. The molecule has 3 rings (SSSR count). The van der Waals surface area contributed by atoms with Gasteiger partial charge in [-0.1, -0.05) is 34.1 Å². The van der Waals surface area contributed by atoms with Crippen molar-refractivity contribution in [2.75, 3.05) is 0 Å². The molecule has 0 radical (unpaired) electrons. The molecule has 4 heteroatoms. The second-order valence-corrected chi connectivity index (χ2v) is 7.66. The lowest BCUT2D eigenvalue weighted by Crippen LogP contribution is -2.37. The van der Waals surface area contributed by atoms with Gasteiger partial charge < -0.3 is 0 Å². The Morgan fingerprint density at radius 1 is 1.42 bits per heavy atom. The number of ketones is 1. The molecule has 2 heterocycles. The molecule has 1 aliphatic carbocycles. The van der Waals surface area contributed by atoms with Crippen LogP contribution in [0.4, 0.5) is 0 Å². The van der Waals surface area contributed by atoms with Gasteiger partial charge >= 0.3 is 0 Å². The number of nitrogens with zero attached hydrogens (tertiary/aromatic N) is 3. The first-order valence-corrected chi connectivity index (χ1v) is 9.30. The molecule has 0 aliphatic heterocycles. The van der Waals surface area contributed by atoms with Gasteiger partial charge in [0.05, 0.1) is 11.7 Å². The van der Waals surface area contributed by atoms with Crippen LogP contribution in [0.15, 0.2) is 24.5 Å². The average Bonchev–Trinajstić information content (AvgIpc) is 3.16. The minimum atomic E-state index is 0.119. The first-order valence-electron chi connectivity index (χ1n) is 9.30. The van der Waals surface area contributed by atoms with Gasteiger partial charge in [-0.15, -0.1) is 0 Å². The third kappa shape index (κ3) is 2.76. The molecule has 1 fully saturated rings. The van der Waals surface area contributed by atoms with E-state index in [4.69, 9.17) is 0 Å². The lowest BCUT2D eigenvalue weighted by molar-refractivity contribution is -0.127. The largest absolute Gasteiger partial charge is 0.297 e. The van der Waals surface area contributed by atoms with Gasteiger partial charge in [0.1, 0.15) is 12.1 Å². The van der Waals surface area contributed by atoms with Crippen molar-refractivity contribution < 1.29 is 4.79 Å². The van der Waals surface area contributed by atoms with Crippen LogP contribution in [-0.2, 0) is 11.3 Å². The summed E-state index contributed by atoms with van der Waals surface area (Å²) < 4.78 is 1.82. The molecule has 2 aromatic heterocycles. The highest BCUT2D eigenvalue weighted by atomic mass is 16.1. The molecule has 4 unspecified atom stereocenters. The Hall–Kier alpha value is -1.71. The summed E-state index contributed by atoms with van der Waals surface area (Å²) in [6, 6.07) is 3.88. The number of aromatic nitrogens is 3. The van der Waals surface area contributed by atoms with Crippen LogP contribution >= 0.6 is 0 Å².